The molecule has 0 radical (unpaired) electrons. The summed E-state index contributed by atoms with van der Waals surface area (Å²) in [5.41, 5.74) is 19.8. The molecule has 2 nitrogen and oxygen atoms in total. The van der Waals surface area contributed by atoms with Crippen LogP contribution in [0.5, 0.6) is 0 Å². The van der Waals surface area contributed by atoms with Gasteiger partial charge in [-0.2, -0.15) is 0 Å². The van der Waals surface area contributed by atoms with Crippen LogP contribution in [0.3, 0.4) is 0 Å². The first kappa shape index (κ1) is 36.0. The Labute approximate surface area is 359 Å². The normalized spacial score (nSPS) is 17.9. The summed E-state index contributed by atoms with van der Waals surface area (Å²) >= 11 is 0. The Bertz CT molecular complexity index is 3130. The Balaban J connectivity index is 0.824. The van der Waals surface area contributed by atoms with E-state index in [0.717, 1.165) is 12.8 Å². The van der Waals surface area contributed by atoms with Gasteiger partial charge >= 0.3 is 0 Å². The van der Waals surface area contributed by atoms with Crippen molar-refractivity contribution >= 4 is 67.3 Å². The highest BCUT2D eigenvalue weighted by Gasteiger charge is 2.44. The van der Waals surface area contributed by atoms with E-state index in [1.54, 1.807) is 0 Å². The molecule has 0 bridgehead atoms. The predicted octanol–water partition coefficient (Wildman–Crippen LogP) is 15.8. The van der Waals surface area contributed by atoms with E-state index in [9.17, 15) is 0 Å². The van der Waals surface area contributed by atoms with Crippen molar-refractivity contribution in [1.82, 2.24) is 0 Å². The standard InChI is InChI=1S/C59H48N2/c1-58(2)50-15-7-11-19-56(50)61(57-20-12-8-16-51(57)58)44-27-31-47-41(36-44)26-25-40-33-38(23-29-46(40)47)21-22-39-24-30-48-49-32-28-45(37-53(49)59(3,4)52(48)34-39)60-54-17-9-5-13-42(54)35-43-14-6-10-18-55(43)60/h5-33,36-37,52H,34-35H2,1-4H3/b22-21+. The predicted molar refractivity (Wildman–Crippen MR) is 258 cm³/mol. The molecule has 61 heavy (non-hydrogen) atoms. The molecule has 0 N–H and O–H groups in total. The smallest absolute Gasteiger partial charge is 0.0502 e. The van der Waals surface area contributed by atoms with Gasteiger partial charge in [0, 0.05) is 34.6 Å². The first-order valence-electron chi connectivity index (χ1n) is 21.9. The van der Waals surface area contributed by atoms with Gasteiger partial charge in [-0.05, 0) is 144 Å². The molecule has 2 aliphatic carbocycles. The van der Waals surface area contributed by atoms with Gasteiger partial charge in [0.1, 0.15) is 0 Å². The Morgan fingerprint density at radius 2 is 1.05 bits per heavy atom. The lowest BCUT2D eigenvalue weighted by Crippen LogP contribution is -2.30. The van der Waals surface area contributed by atoms with Crippen molar-refractivity contribution in [1.29, 1.82) is 0 Å². The third kappa shape index (κ3) is 5.48. The second-order valence-corrected chi connectivity index (χ2v) is 18.6. The summed E-state index contributed by atoms with van der Waals surface area (Å²) < 4.78 is 0. The van der Waals surface area contributed by atoms with Gasteiger partial charge in [-0.1, -0.05) is 161 Å². The summed E-state index contributed by atoms with van der Waals surface area (Å²) in [6.45, 7) is 9.59. The fourth-order valence-corrected chi connectivity index (χ4v) is 11.3. The fraction of sp³-hybridized carbons (Fsp3) is 0.153. The first-order chi connectivity index (χ1) is 29.7. The maximum atomic E-state index is 2.48. The van der Waals surface area contributed by atoms with Gasteiger partial charge < -0.3 is 9.80 Å². The molecule has 0 amide bonds. The third-order valence-electron chi connectivity index (χ3n) is 14.5. The van der Waals surface area contributed by atoms with Crippen LogP contribution in [0, 0.1) is 5.92 Å². The zero-order valence-corrected chi connectivity index (χ0v) is 35.3. The number of fused-ring (bicyclic) bond motifs is 10. The second-order valence-electron chi connectivity index (χ2n) is 18.6. The van der Waals surface area contributed by atoms with E-state index in [4.69, 9.17) is 0 Å². The molecule has 8 aromatic rings. The Hall–Kier alpha value is -6.90. The third-order valence-corrected chi connectivity index (χ3v) is 14.5. The van der Waals surface area contributed by atoms with Gasteiger partial charge in [0.2, 0.25) is 0 Å². The minimum atomic E-state index is -0.0743. The number of nitrogens with zero attached hydrogens (tertiary/aromatic N) is 2. The van der Waals surface area contributed by atoms with Gasteiger partial charge in [-0.25, -0.2) is 0 Å². The van der Waals surface area contributed by atoms with Crippen LogP contribution in [0.4, 0.5) is 34.1 Å². The molecule has 0 spiro atoms. The highest BCUT2D eigenvalue weighted by Crippen LogP contribution is 2.56. The van der Waals surface area contributed by atoms with E-state index >= 15 is 0 Å². The van der Waals surface area contributed by atoms with Crippen LogP contribution in [0.2, 0.25) is 0 Å². The van der Waals surface area contributed by atoms with Gasteiger partial charge in [-0.15, -0.1) is 0 Å². The summed E-state index contributed by atoms with van der Waals surface area (Å²) in [4.78, 5) is 4.92. The highest BCUT2D eigenvalue weighted by molar-refractivity contribution is 6.09. The molecule has 12 rings (SSSR count). The minimum Gasteiger partial charge on any atom is -0.310 e. The van der Waals surface area contributed by atoms with Gasteiger partial charge in [-0.3, -0.25) is 0 Å². The molecule has 0 aromatic heterocycles. The maximum Gasteiger partial charge on any atom is 0.0502 e. The average Bonchev–Trinajstić information content (AvgIpc) is 3.51. The number of para-hydroxylation sites is 4. The number of allylic oxidation sites excluding steroid dienone is 5. The molecular formula is C59H48N2. The molecule has 2 heterocycles. The van der Waals surface area contributed by atoms with Crippen LogP contribution in [0.25, 0.3) is 33.2 Å². The van der Waals surface area contributed by atoms with Crippen molar-refractivity contribution in [2.75, 3.05) is 9.80 Å². The van der Waals surface area contributed by atoms with E-state index in [-0.39, 0.29) is 10.8 Å². The Kier molecular flexibility index (Phi) is 7.85. The van der Waals surface area contributed by atoms with Gasteiger partial charge in [0.05, 0.1) is 11.4 Å². The molecule has 294 valence electrons. The number of benzene rings is 8. The van der Waals surface area contributed by atoms with E-state index < -0.39 is 0 Å². The molecule has 0 saturated heterocycles. The van der Waals surface area contributed by atoms with E-state index in [0.29, 0.717) is 5.92 Å². The first-order valence-corrected chi connectivity index (χ1v) is 21.9. The lowest BCUT2D eigenvalue weighted by molar-refractivity contribution is 0.410. The largest absolute Gasteiger partial charge is 0.310 e. The van der Waals surface area contributed by atoms with Crippen LogP contribution < -0.4 is 9.80 Å². The highest BCUT2D eigenvalue weighted by atomic mass is 15.2. The molecule has 4 aliphatic rings. The molecular weight excluding hydrogens is 737 g/mol. The minimum absolute atomic E-state index is 0.000575. The van der Waals surface area contributed by atoms with Crippen LogP contribution in [-0.2, 0) is 17.3 Å². The lowest BCUT2D eigenvalue weighted by Gasteiger charge is -2.42. The van der Waals surface area contributed by atoms with Crippen molar-refractivity contribution in [2.45, 2.75) is 51.4 Å². The van der Waals surface area contributed by atoms with Crippen LogP contribution in [0.15, 0.2) is 188 Å². The van der Waals surface area contributed by atoms with Crippen molar-refractivity contribution in [2.24, 2.45) is 5.92 Å². The molecule has 8 aromatic carbocycles. The molecule has 0 fully saturated rings. The molecule has 2 aliphatic heterocycles. The van der Waals surface area contributed by atoms with Gasteiger partial charge in [0.15, 0.2) is 0 Å². The maximum absolute atomic E-state index is 2.48. The summed E-state index contributed by atoms with van der Waals surface area (Å²) in [5.74, 6) is 0.426. The van der Waals surface area contributed by atoms with Crippen molar-refractivity contribution < 1.29 is 0 Å². The number of hydrogen-bond donors (Lipinski definition) is 0. The van der Waals surface area contributed by atoms with Gasteiger partial charge in [0.25, 0.3) is 0 Å². The Morgan fingerprint density at radius 1 is 0.492 bits per heavy atom. The SMILES string of the molecule is CC1(C)c2ccccc2N(c2ccc3c(ccc4cc(/C=C/C5=CC=C6c7ccc(N8c9ccccc9Cc9ccccc98)cc7C(C)(C)C6C5)ccc43)c2)c2ccccc21. The van der Waals surface area contributed by atoms with Crippen LogP contribution >= 0.6 is 0 Å². The molecule has 1 atom stereocenters. The Morgan fingerprint density at radius 3 is 1.74 bits per heavy atom. The number of rotatable bonds is 4. The zero-order valence-electron chi connectivity index (χ0n) is 35.3. The van der Waals surface area contributed by atoms with E-state index in [1.807, 2.05) is 0 Å². The second kappa shape index (κ2) is 13.3. The summed E-state index contributed by atoms with van der Waals surface area (Å²) in [7, 11) is 0. The number of anilines is 6. The van der Waals surface area contributed by atoms with E-state index in [1.165, 1.54) is 106 Å². The monoisotopic (exact) mass is 784 g/mol. The van der Waals surface area contributed by atoms with Crippen molar-refractivity contribution in [3.63, 3.8) is 0 Å². The lowest BCUT2D eigenvalue weighted by atomic mass is 9.73. The van der Waals surface area contributed by atoms with Crippen molar-refractivity contribution in [3.8, 4) is 0 Å². The molecule has 0 saturated carbocycles. The van der Waals surface area contributed by atoms with Crippen LogP contribution in [-0.4, -0.2) is 0 Å². The number of hydrogen-bond acceptors (Lipinski definition) is 2. The average molecular weight is 785 g/mol. The molecule has 1 unspecified atom stereocenters. The quantitative estimate of drug-likeness (QED) is 0.164. The topological polar surface area (TPSA) is 6.48 Å². The van der Waals surface area contributed by atoms with E-state index in [2.05, 4.69) is 226 Å². The molecule has 2 heteroatoms. The zero-order chi connectivity index (χ0) is 41.0. The summed E-state index contributed by atoms with van der Waals surface area (Å²) in [6, 6.07) is 61.3. The summed E-state index contributed by atoms with van der Waals surface area (Å²) in [5, 5.41) is 5.08. The van der Waals surface area contributed by atoms with Crippen LogP contribution in [0.1, 0.15) is 73.1 Å². The van der Waals surface area contributed by atoms with Crippen molar-refractivity contribution in [3.05, 3.63) is 227 Å². The summed E-state index contributed by atoms with van der Waals surface area (Å²) in [6.07, 6.45) is 11.4. The fourth-order valence-electron chi connectivity index (χ4n) is 11.3.